The molecule has 0 amide bonds. The molecule has 0 radical (unpaired) electrons. The molecule has 62 valence electrons. The van der Waals surface area contributed by atoms with E-state index in [9.17, 15) is 12.8 Å². The summed E-state index contributed by atoms with van der Waals surface area (Å²) in [5, 5.41) is 4.76. The van der Waals surface area contributed by atoms with Crippen LogP contribution in [0.5, 0.6) is 0 Å². The zero-order chi connectivity index (χ0) is 8.48. The van der Waals surface area contributed by atoms with E-state index in [2.05, 4.69) is 0 Å². The Labute approximate surface area is 113 Å². The number of benzene rings is 1. The topological polar surface area (TPSA) is 60.2 Å². The second kappa shape index (κ2) is 4.80. The monoisotopic (exact) mass is 215 g/mol. The van der Waals surface area contributed by atoms with E-state index in [0.29, 0.717) is 0 Å². The Balaban J connectivity index is 0.00000121. The second-order valence-electron chi connectivity index (χ2n) is 2.00. The zero-order valence-electron chi connectivity index (χ0n) is 5.49. The fourth-order valence-corrected chi connectivity index (χ4v) is 1.14. The quantitative estimate of drug-likeness (QED) is 0.661. The van der Waals surface area contributed by atoms with Gasteiger partial charge in [-0.2, -0.15) is 0 Å². The van der Waals surface area contributed by atoms with Crippen LogP contribution in [-0.4, -0.2) is 59.8 Å². The average molecular weight is 215 g/mol. The number of nitrogens with two attached hydrogens (primary N) is 1. The van der Waals surface area contributed by atoms with Gasteiger partial charge in [0.25, 0.3) is 0 Å². The van der Waals surface area contributed by atoms with Crippen molar-refractivity contribution in [3.05, 3.63) is 30.1 Å². The molecule has 0 aliphatic heterocycles. The summed E-state index contributed by atoms with van der Waals surface area (Å²) >= 11 is 0. The van der Waals surface area contributed by atoms with Gasteiger partial charge < -0.3 is 0 Å². The molecule has 0 fully saturated rings. The van der Waals surface area contributed by atoms with Crippen molar-refractivity contribution >= 4 is 61.4 Å². The van der Waals surface area contributed by atoms with Crippen molar-refractivity contribution in [2.24, 2.45) is 5.14 Å². The molecule has 0 aliphatic rings. The molecular formula is C6H7FKNO2S. The molecule has 0 heterocycles. The van der Waals surface area contributed by atoms with Crippen molar-refractivity contribution in [2.45, 2.75) is 4.90 Å². The number of halogens is 1. The van der Waals surface area contributed by atoms with Crippen molar-refractivity contribution < 1.29 is 12.8 Å². The summed E-state index contributed by atoms with van der Waals surface area (Å²) < 4.78 is 33.4. The van der Waals surface area contributed by atoms with Gasteiger partial charge in [0.1, 0.15) is 5.82 Å². The van der Waals surface area contributed by atoms with Gasteiger partial charge in [-0.1, -0.05) is 0 Å². The van der Waals surface area contributed by atoms with E-state index in [0.717, 1.165) is 24.3 Å². The molecule has 0 atom stereocenters. The second-order valence-corrected chi connectivity index (χ2v) is 3.56. The Kier molecular flexibility index (Phi) is 5.08. The summed E-state index contributed by atoms with van der Waals surface area (Å²) in [5.41, 5.74) is 0. The first-order chi connectivity index (χ1) is 5.00. The third-order valence-corrected chi connectivity index (χ3v) is 2.07. The fraction of sp³-hybridized carbons (Fsp3) is 0. The van der Waals surface area contributed by atoms with E-state index in [1.165, 1.54) is 0 Å². The molecule has 0 saturated heterocycles. The van der Waals surface area contributed by atoms with E-state index in [1.54, 1.807) is 0 Å². The molecule has 1 rings (SSSR count). The number of sulfonamides is 1. The molecule has 1 aromatic rings. The first-order valence-corrected chi connectivity index (χ1v) is 4.33. The molecule has 1 aromatic carbocycles. The predicted octanol–water partition coefficient (Wildman–Crippen LogP) is -0.175. The minimum atomic E-state index is -3.69. The zero-order valence-corrected chi connectivity index (χ0v) is 6.31. The SMILES string of the molecule is NS(=O)(=O)c1ccc(F)cc1.[KH]. The van der Waals surface area contributed by atoms with Gasteiger partial charge in [-0.05, 0) is 24.3 Å². The van der Waals surface area contributed by atoms with Crippen LogP contribution in [0.15, 0.2) is 29.2 Å². The summed E-state index contributed by atoms with van der Waals surface area (Å²) in [5.74, 6) is -0.489. The van der Waals surface area contributed by atoms with Gasteiger partial charge in [-0.25, -0.2) is 17.9 Å². The van der Waals surface area contributed by atoms with Crippen LogP contribution in [0.4, 0.5) is 4.39 Å². The third kappa shape index (κ3) is 3.61. The Bertz CT molecular complexity index is 348. The Hall–Kier alpha value is 0.696. The van der Waals surface area contributed by atoms with Gasteiger partial charge in [0.15, 0.2) is 0 Å². The molecule has 2 N–H and O–H groups in total. The molecule has 0 unspecified atom stereocenters. The molecule has 6 heteroatoms. The van der Waals surface area contributed by atoms with Crippen LogP contribution in [0.2, 0.25) is 0 Å². The van der Waals surface area contributed by atoms with Crippen LogP contribution in [0.25, 0.3) is 0 Å². The molecule has 0 aliphatic carbocycles. The van der Waals surface area contributed by atoms with Crippen LogP contribution in [0, 0.1) is 5.82 Å². The fourth-order valence-electron chi connectivity index (χ4n) is 0.624. The van der Waals surface area contributed by atoms with Crippen LogP contribution >= 0.6 is 0 Å². The molecule has 0 bridgehead atoms. The van der Waals surface area contributed by atoms with Crippen LogP contribution in [-0.2, 0) is 10.0 Å². The van der Waals surface area contributed by atoms with E-state index >= 15 is 0 Å². The van der Waals surface area contributed by atoms with E-state index in [4.69, 9.17) is 5.14 Å². The van der Waals surface area contributed by atoms with E-state index < -0.39 is 15.8 Å². The first kappa shape index (κ1) is 12.7. The van der Waals surface area contributed by atoms with Crippen molar-refractivity contribution in [3.63, 3.8) is 0 Å². The number of primary sulfonamides is 1. The summed E-state index contributed by atoms with van der Waals surface area (Å²) in [6.45, 7) is 0. The van der Waals surface area contributed by atoms with Crippen molar-refractivity contribution in [3.8, 4) is 0 Å². The van der Waals surface area contributed by atoms with Crippen LogP contribution < -0.4 is 5.14 Å². The van der Waals surface area contributed by atoms with Gasteiger partial charge >= 0.3 is 51.4 Å². The number of rotatable bonds is 1. The van der Waals surface area contributed by atoms with Gasteiger partial charge in [0.05, 0.1) is 4.90 Å². The minimum absolute atomic E-state index is 0. The molecule has 12 heavy (non-hydrogen) atoms. The molecule has 0 spiro atoms. The summed E-state index contributed by atoms with van der Waals surface area (Å²) in [7, 11) is -3.69. The number of hydrogen-bond acceptors (Lipinski definition) is 2. The van der Waals surface area contributed by atoms with E-state index in [1.807, 2.05) is 0 Å². The van der Waals surface area contributed by atoms with Gasteiger partial charge in [0.2, 0.25) is 10.0 Å². The summed E-state index contributed by atoms with van der Waals surface area (Å²) in [6, 6.07) is 4.31. The molecule has 0 aromatic heterocycles. The normalized spacial score (nSPS) is 10.5. The van der Waals surface area contributed by atoms with Crippen molar-refractivity contribution in [2.75, 3.05) is 0 Å². The molecule has 3 nitrogen and oxygen atoms in total. The Morgan fingerprint density at radius 3 is 1.92 bits per heavy atom. The standard InChI is InChI=1S/C6H6FNO2S.K.H/c7-5-1-3-6(4-2-5)11(8,9)10;;/h1-4H,(H2,8,9,10);;. The Morgan fingerprint density at radius 1 is 1.17 bits per heavy atom. The van der Waals surface area contributed by atoms with Gasteiger partial charge in [0, 0.05) is 0 Å². The van der Waals surface area contributed by atoms with Crippen molar-refractivity contribution in [1.82, 2.24) is 0 Å². The average Bonchev–Trinajstić information content (AvgIpc) is 1.86. The predicted molar refractivity (Wildman–Crippen MR) is 44.9 cm³/mol. The number of hydrogen-bond donors (Lipinski definition) is 1. The van der Waals surface area contributed by atoms with Crippen LogP contribution in [0.3, 0.4) is 0 Å². The Morgan fingerprint density at radius 2 is 1.58 bits per heavy atom. The maximum atomic E-state index is 12.2. The molecular weight excluding hydrogens is 208 g/mol. The van der Waals surface area contributed by atoms with E-state index in [-0.39, 0.29) is 56.3 Å². The summed E-state index contributed by atoms with van der Waals surface area (Å²) in [4.78, 5) is -0.0844. The first-order valence-electron chi connectivity index (χ1n) is 2.78. The van der Waals surface area contributed by atoms with Gasteiger partial charge in [-0.3, -0.25) is 0 Å². The summed E-state index contributed by atoms with van der Waals surface area (Å²) in [6.07, 6.45) is 0. The van der Waals surface area contributed by atoms with Crippen molar-refractivity contribution in [1.29, 1.82) is 0 Å². The third-order valence-electron chi connectivity index (χ3n) is 1.14. The molecule has 0 saturated carbocycles. The van der Waals surface area contributed by atoms with Gasteiger partial charge in [-0.15, -0.1) is 0 Å². The van der Waals surface area contributed by atoms with Crippen LogP contribution in [0.1, 0.15) is 0 Å². The maximum absolute atomic E-state index is 12.2.